The number of amides is 2. The number of alkyl halides is 2. The van der Waals surface area contributed by atoms with Crippen molar-refractivity contribution in [2.45, 2.75) is 76.0 Å². The van der Waals surface area contributed by atoms with Crippen LogP contribution in [0, 0.1) is 11.6 Å². The van der Waals surface area contributed by atoms with Gasteiger partial charge in [0, 0.05) is 50.1 Å². The van der Waals surface area contributed by atoms with Crippen molar-refractivity contribution in [3.63, 3.8) is 0 Å². The number of nitrogens with one attached hydrogen (secondary N) is 1. The maximum Gasteiger partial charge on any atom is 0.410 e. The van der Waals surface area contributed by atoms with E-state index in [4.69, 9.17) is 4.74 Å². The molecule has 1 aliphatic carbocycles. The molecule has 210 valence electrons. The summed E-state index contributed by atoms with van der Waals surface area (Å²) in [5.74, 6) is -5.14. The van der Waals surface area contributed by atoms with Crippen LogP contribution in [0.25, 0.3) is 11.1 Å². The van der Waals surface area contributed by atoms with Crippen molar-refractivity contribution in [3.05, 3.63) is 41.7 Å². The number of hydrogen-bond donors (Lipinski definition) is 1. The fraction of sp³-hybridized carbons (Fsp3) is 0.556. The van der Waals surface area contributed by atoms with Crippen LogP contribution in [0.1, 0.15) is 63.4 Å². The largest absolute Gasteiger partial charge is 0.444 e. The molecule has 39 heavy (non-hydrogen) atoms. The molecule has 3 fully saturated rings. The Balaban J connectivity index is 1.51. The van der Waals surface area contributed by atoms with Crippen LogP contribution in [0.2, 0.25) is 0 Å². The lowest BCUT2D eigenvalue weighted by Gasteiger charge is -2.37. The van der Waals surface area contributed by atoms with Gasteiger partial charge < -0.3 is 19.9 Å². The average Bonchev–Trinajstić information content (AvgIpc) is 3.42. The van der Waals surface area contributed by atoms with Crippen molar-refractivity contribution in [1.29, 1.82) is 0 Å². The van der Waals surface area contributed by atoms with Gasteiger partial charge in [-0.25, -0.2) is 22.4 Å². The van der Waals surface area contributed by atoms with Crippen molar-refractivity contribution < 1.29 is 31.9 Å². The number of aromatic nitrogens is 2. The Labute approximate surface area is 223 Å². The molecule has 2 aromatic rings. The van der Waals surface area contributed by atoms with Crippen LogP contribution in [0.3, 0.4) is 0 Å². The number of nitrogens with zero attached hydrogens (tertiary/aromatic N) is 4. The first-order chi connectivity index (χ1) is 18.3. The standard InChI is InChI=1S/C27H31F4N5O3/c1-25(2,3)39-24(38)36-7-4-5-26(36)6-8-35(15-26)22-20(16-9-17(28)11-18(29)10-16)14-32-34-21(22)23(37)33-19-12-27(30,31)13-19/h9-11,14,19H,4-8,12-13,15H2,1-3H3,(H,33,37). The minimum Gasteiger partial charge on any atom is -0.444 e. The van der Waals surface area contributed by atoms with Crippen molar-refractivity contribution in [3.8, 4) is 11.1 Å². The van der Waals surface area contributed by atoms with Gasteiger partial charge in [-0.3, -0.25) is 4.79 Å². The lowest BCUT2D eigenvalue weighted by molar-refractivity contribution is -0.0901. The highest BCUT2D eigenvalue weighted by atomic mass is 19.3. The number of hydrogen-bond acceptors (Lipinski definition) is 6. The molecule has 1 atom stereocenters. The van der Waals surface area contributed by atoms with E-state index < -0.39 is 59.6 Å². The molecule has 3 heterocycles. The molecule has 1 N–H and O–H groups in total. The molecule has 5 rings (SSSR count). The van der Waals surface area contributed by atoms with Crippen molar-refractivity contribution in [2.24, 2.45) is 0 Å². The van der Waals surface area contributed by atoms with Crippen LogP contribution in [0.5, 0.6) is 0 Å². The van der Waals surface area contributed by atoms with Crippen LogP contribution in [-0.2, 0) is 4.74 Å². The number of rotatable bonds is 4. The second-order valence-electron chi connectivity index (χ2n) is 11.7. The van der Waals surface area contributed by atoms with Gasteiger partial charge in [-0.1, -0.05) is 0 Å². The zero-order chi connectivity index (χ0) is 28.2. The summed E-state index contributed by atoms with van der Waals surface area (Å²) in [6.45, 7) is 6.64. The summed E-state index contributed by atoms with van der Waals surface area (Å²) < 4.78 is 60.8. The minimum absolute atomic E-state index is 0.133. The van der Waals surface area contributed by atoms with Crippen LogP contribution >= 0.6 is 0 Å². The van der Waals surface area contributed by atoms with Gasteiger partial charge in [0.2, 0.25) is 0 Å². The number of carbonyl (C=O) groups is 2. The first kappa shape index (κ1) is 27.1. The first-order valence-corrected chi connectivity index (χ1v) is 13.0. The number of benzene rings is 1. The quantitative estimate of drug-likeness (QED) is 0.545. The number of halogens is 4. The van der Waals surface area contributed by atoms with Crippen LogP contribution < -0.4 is 10.2 Å². The van der Waals surface area contributed by atoms with E-state index in [2.05, 4.69) is 15.5 Å². The minimum atomic E-state index is -2.83. The fourth-order valence-electron chi connectivity index (χ4n) is 5.80. The molecule has 0 radical (unpaired) electrons. The van der Waals surface area contributed by atoms with Gasteiger partial charge in [-0.05, 0) is 57.7 Å². The molecular weight excluding hydrogens is 518 g/mol. The number of likely N-dealkylation sites (tertiary alicyclic amines) is 1. The van der Waals surface area contributed by atoms with Gasteiger partial charge in [0.05, 0.1) is 17.4 Å². The molecule has 1 spiro atoms. The molecule has 1 aromatic carbocycles. The summed E-state index contributed by atoms with van der Waals surface area (Å²) in [4.78, 5) is 29.9. The van der Waals surface area contributed by atoms with Crippen LogP contribution in [0.4, 0.5) is 28.0 Å². The van der Waals surface area contributed by atoms with Gasteiger partial charge in [0.15, 0.2) is 5.69 Å². The number of anilines is 1. The van der Waals surface area contributed by atoms with E-state index in [-0.39, 0.29) is 22.5 Å². The summed E-state index contributed by atoms with van der Waals surface area (Å²) in [5.41, 5.74) is -0.672. The van der Waals surface area contributed by atoms with E-state index in [1.165, 1.54) is 6.20 Å². The normalized spacial score (nSPS) is 22.7. The Morgan fingerprint density at radius 3 is 2.41 bits per heavy atom. The molecule has 12 heteroatoms. The molecule has 0 bridgehead atoms. The average molecular weight is 550 g/mol. The third-order valence-electron chi connectivity index (χ3n) is 7.50. The predicted octanol–water partition coefficient (Wildman–Crippen LogP) is 4.93. The van der Waals surface area contributed by atoms with Crippen molar-refractivity contribution >= 4 is 17.7 Å². The third-order valence-corrected chi connectivity index (χ3v) is 7.50. The Morgan fingerprint density at radius 2 is 1.77 bits per heavy atom. The van der Waals surface area contributed by atoms with Gasteiger partial charge in [-0.15, -0.1) is 5.10 Å². The van der Waals surface area contributed by atoms with Crippen LogP contribution in [-0.4, -0.2) is 69.8 Å². The molecule has 2 aliphatic heterocycles. The number of carbonyl (C=O) groups excluding carboxylic acids is 2. The van der Waals surface area contributed by atoms with E-state index in [0.29, 0.717) is 32.5 Å². The molecule has 8 nitrogen and oxygen atoms in total. The van der Waals surface area contributed by atoms with E-state index in [1.807, 2.05) is 4.90 Å². The Hall–Kier alpha value is -3.44. The SMILES string of the molecule is CC(C)(C)OC(=O)N1CCCC12CCN(c1c(-c3cc(F)cc(F)c3)cnnc1C(=O)NC1CC(F)(F)C1)C2. The van der Waals surface area contributed by atoms with Crippen LogP contribution in [0.15, 0.2) is 24.4 Å². The molecule has 1 unspecified atom stereocenters. The summed E-state index contributed by atoms with van der Waals surface area (Å²) in [7, 11) is 0. The fourth-order valence-corrected chi connectivity index (χ4v) is 5.80. The maximum absolute atomic E-state index is 14.2. The number of ether oxygens (including phenoxy) is 1. The molecule has 1 saturated carbocycles. The molecule has 2 saturated heterocycles. The van der Waals surface area contributed by atoms with E-state index >= 15 is 0 Å². The summed E-state index contributed by atoms with van der Waals surface area (Å²) in [6, 6.07) is 2.28. The highest BCUT2D eigenvalue weighted by Gasteiger charge is 2.51. The predicted molar refractivity (Wildman–Crippen MR) is 135 cm³/mol. The van der Waals surface area contributed by atoms with Gasteiger partial charge in [-0.2, -0.15) is 5.10 Å². The Bertz CT molecular complexity index is 1270. The lowest BCUT2D eigenvalue weighted by Crippen LogP contribution is -2.51. The van der Waals surface area contributed by atoms with Crippen molar-refractivity contribution in [2.75, 3.05) is 24.5 Å². The van der Waals surface area contributed by atoms with E-state index in [0.717, 1.165) is 24.6 Å². The second-order valence-corrected chi connectivity index (χ2v) is 11.7. The third kappa shape index (κ3) is 5.51. The Kier molecular flexibility index (Phi) is 6.70. The molecule has 3 aliphatic rings. The van der Waals surface area contributed by atoms with Gasteiger partial charge in [0.1, 0.15) is 17.2 Å². The summed E-state index contributed by atoms with van der Waals surface area (Å²) >= 11 is 0. The second kappa shape index (κ2) is 9.63. The van der Waals surface area contributed by atoms with Gasteiger partial charge in [0.25, 0.3) is 11.8 Å². The van der Waals surface area contributed by atoms with E-state index in [1.54, 1.807) is 25.7 Å². The Morgan fingerprint density at radius 1 is 1.08 bits per heavy atom. The lowest BCUT2D eigenvalue weighted by atomic mass is 9.88. The highest BCUT2D eigenvalue weighted by Crippen LogP contribution is 2.44. The summed E-state index contributed by atoms with van der Waals surface area (Å²) in [6.07, 6.45) is 1.99. The zero-order valence-electron chi connectivity index (χ0n) is 22.1. The molecule has 1 aromatic heterocycles. The maximum atomic E-state index is 14.2. The first-order valence-electron chi connectivity index (χ1n) is 13.0. The zero-order valence-corrected chi connectivity index (χ0v) is 22.1. The van der Waals surface area contributed by atoms with Gasteiger partial charge >= 0.3 is 6.09 Å². The summed E-state index contributed by atoms with van der Waals surface area (Å²) in [5, 5.41) is 10.5. The smallest absolute Gasteiger partial charge is 0.410 e. The van der Waals surface area contributed by atoms with E-state index in [9.17, 15) is 27.2 Å². The monoisotopic (exact) mass is 549 g/mol. The van der Waals surface area contributed by atoms with Crippen molar-refractivity contribution in [1.82, 2.24) is 20.4 Å². The molecular formula is C27H31F4N5O3. The highest BCUT2D eigenvalue weighted by molar-refractivity contribution is 6.01. The molecule has 2 amide bonds. The topological polar surface area (TPSA) is 87.7 Å².